The van der Waals surface area contributed by atoms with Crippen molar-refractivity contribution in [1.82, 2.24) is 29.5 Å². The highest BCUT2D eigenvalue weighted by atomic mass is 32.1. The predicted molar refractivity (Wildman–Crippen MR) is 118 cm³/mol. The molecule has 0 spiro atoms. The Balaban J connectivity index is 1.72. The largest absolute Gasteiger partial charge is 0.358 e. The van der Waals surface area contributed by atoms with Crippen molar-refractivity contribution in [2.75, 3.05) is 5.32 Å². The van der Waals surface area contributed by atoms with E-state index in [9.17, 15) is 4.79 Å². The van der Waals surface area contributed by atoms with E-state index in [1.165, 1.54) is 17.7 Å². The molecule has 1 aromatic carbocycles. The van der Waals surface area contributed by atoms with Crippen LogP contribution < -0.4 is 10.9 Å². The number of aromatic amines is 1. The fourth-order valence-electron chi connectivity index (χ4n) is 3.60. The Bertz CT molecular complexity index is 1420. The molecule has 0 fully saturated rings. The van der Waals surface area contributed by atoms with E-state index in [-0.39, 0.29) is 11.6 Å². The molecule has 1 atom stereocenters. The maximum absolute atomic E-state index is 13.5. The van der Waals surface area contributed by atoms with Gasteiger partial charge in [-0.25, -0.2) is 19.9 Å². The monoisotopic (exact) mass is 417 g/mol. The van der Waals surface area contributed by atoms with Gasteiger partial charge in [0, 0.05) is 0 Å². The van der Waals surface area contributed by atoms with Gasteiger partial charge in [0.25, 0.3) is 5.56 Å². The molecule has 0 bridgehead atoms. The van der Waals surface area contributed by atoms with Crippen molar-refractivity contribution in [1.29, 1.82) is 0 Å². The van der Waals surface area contributed by atoms with Crippen LogP contribution in [0.2, 0.25) is 0 Å². The first-order valence-electron chi connectivity index (χ1n) is 9.64. The summed E-state index contributed by atoms with van der Waals surface area (Å²) in [6.45, 7) is 4.05. The summed E-state index contributed by atoms with van der Waals surface area (Å²) in [5.74, 6) is 1.27. The zero-order chi connectivity index (χ0) is 20.7. The van der Waals surface area contributed by atoms with Crippen molar-refractivity contribution in [2.45, 2.75) is 26.3 Å². The molecular formula is C21H19N7OS. The summed E-state index contributed by atoms with van der Waals surface area (Å²) in [7, 11) is 0. The van der Waals surface area contributed by atoms with Crippen LogP contribution in [0.3, 0.4) is 0 Å². The van der Waals surface area contributed by atoms with Gasteiger partial charge in [-0.15, -0.1) is 11.3 Å². The number of rotatable bonds is 5. The van der Waals surface area contributed by atoms with Crippen molar-refractivity contribution in [3.05, 3.63) is 70.1 Å². The Kier molecular flexibility index (Phi) is 4.51. The Morgan fingerprint density at radius 3 is 2.90 bits per heavy atom. The molecule has 0 aliphatic rings. The summed E-state index contributed by atoms with van der Waals surface area (Å²) in [5, 5.41) is 5.35. The highest BCUT2D eigenvalue weighted by Crippen LogP contribution is 2.27. The number of nitrogens with one attached hydrogen (secondary N) is 2. The molecule has 1 unspecified atom stereocenters. The summed E-state index contributed by atoms with van der Waals surface area (Å²) in [6.07, 6.45) is 3.76. The van der Waals surface area contributed by atoms with Crippen LogP contribution in [0.5, 0.6) is 0 Å². The van der Waals surface area contributed by atoms with Crippen LogP contribution in [0, 0.1) is 6.92 Å². The number of fused-ring (bicyclic) bond motifs is 2. The van der Waals surface area contributed by atoms with Crippen LogP contribution in [0.1, 0.15) is 30.8 Å². The predicted octanol–water partition coefficient (Wildman–Crippen LogP) is 3.99. The van der Waals surface area contributed by atoms with Gasteiger partial charge in [-0.05, 0) is 36.4 Å². The minimum absolute atomic E-state index is 0.0612. The second-order valence-corrected chi connectivity index (χ2v) is 7.88. The van der Waals surface area contributed by atoms with Crippen molar-refractivity contribution in [3.8, 4) is 5.69 Å². The maximum atomic E-state index is 13.5. The van der Waals surface area contributed by atoms with Gasteiger partial charge < -0.3 is 10.3 Å². The third kappa shape index (κ3) is 2.94. The first kappa shape index (κ1) is 18.4. The van der Waals surface area contributed by atoms with Gasteiger partial charge in [0.05, 0.1) is 23.6 Å². The SMILES string of the molecule is CCC(Nc1ncnc2nc[nH]c12)c1nc2ccsc2c(=O)n1-c1ccccc1C. The Morgan fingerprint density at radius 1 is 1.20 bits per heavy atom. The molecule has 4 heterocycles. The number of nitrogens with zero attached hydrogens (tertiary/aromatic N) is 5. The summed E-state index contributed by atoms with van der Waals surface area (Å²) < 4.78 is 2.37. The number of imidazole rings is 1. The van der Waals surface area contributed by atoms with E-state index in [2.05, 4.69) is 32.2 Å². The molecule has 0 aliphatic carbocycles. The topological polar surface area (TPSA) is 101 Å². The lowest BCUT2D eigenvalue weighted by Gasteiger charge is -2.22. The average molecular weight is 417 g/mol. The van der Waals surface area contributed by atoms with E-state index in [4.69, 9.17) is 4.98 Å². The van der Waals surface area contributed by atoms with Crippen molar-refractivity contribution in [2.24, 2.45) is 0 Å². The van der Waals surface area contributed by atoms with Gasteiger partial charge in [-0.2, -0.15) is 0 Å². The normalized spacial score (nSPS) is 12.5. The van der Waals surface area contributed by atoms with Crippen LogP contribution in [0.4, 0.5) is 5.82 Å². The quantitative estimate of drug-likeness (QED) is 0.448. The molecule has 8 nitrogen and oxygen atoms in total. The number of H-pyrrole nitrogens is 1. The smallest absolute Gasteiger partial charge is 0.276 e. The van der Waals surface area contributed by atoms with Crippen molar-refractivity contribution >= 4 is 38.5 Å². The molecule has 0 saturated carbocycles. The maximum Gasteiger partial charge on any atom is 0.276 e. The number of anilines is 1. The van der Waals surface area contributed by atoms with Crippen LogP contribution in [0.15, 0.2) is 53.2 Å². The number of thiophene rings is 1. The molecule has 0 amide bonds. The zero-order valence-corrected chi connectivity index (χ0v) is 17.3. The van der Waals surface area contributed by atoms with Gasteiger partial charge in [-0.1, -0.05) is 25.1 Å². The fourth-order valence-corrected chi connectivity index (χ4v) is 4.36. The third-order valence-corrected chi connectivity index (χ3v) is 6.01. The van der Waals surface area contributed by atoms with Gasteiger partial charge in [0.15, 0.2) is 11.5 Å². The van der Waals surface area contributed by atoms with E-state index in [0.29, 0.717) is 33.9 Å². The molecular weight excluding hydrogens is 398 g/mol. The first-order chi connectivity index (χ1) is 14.7. The molecule has 5 rings (SSSR count). The van der Waals surface area contributed by atoms with E-state index in [1.807, 2.05) is 42.6 Å². The lowest BCUT2D eigenvalue weighted by molar-refractivity contribution is 0.658. The van der Waals surface area contributed by atoms with E-state index in [0.717, 1.165) is 16.8 Å². The number of aromatic nitrogens is 6. The molecule has 4 aromatic heterocycles. The Hall–Kier alpha value is -3.59. The van der Waals surface area contributed by atoms with Crippen molar-refractivity contribution in [3.63, 3.8) is 0 Å². The van der Waals surface area contributed by atoms with Gasteiger partial charge in [0.2, 0.25) is 0 Å². The molecule has 0 saturated heterocycles. The zero-order valence-electron chi connectivity index (χ0n) is 16.5. The number of para-hydroxylation sites is 1. The molecule has 0 radical (unpaired) electrons. The number of benzene rings is 1. The number of aryl methyl sites for hydroxylation is 1. The van der Waals surface area contributed by atoms with Gasteiger partial charge in [0.1, 0.15) is 22.4 Å². The fraction of sp³-hybridized carbons (Fsp3) is 0.190. The van der Waals surface area contributed by atoms with Gasteiger partial charge in [-0.3, -0.25) is 9.36 Å². The van der Waals surface area contributed by atoms with Crippen molar-refractivity contribution < 1.29 is 0 Å². The molecule has 150 valence electrons. The van der Waals surface area contributed by atoms with Crippen LogP contribution in [0.25, 0.3) is 27.1 Å². The Morgan fingerprint density at radius 2 is 2.07 bits per heavy atom. The highest BCUT2D eigenvalue weighted by molar-refractivity contribution is 7.17. The summed E-state index contributed by atoms with van der Waals surface area (Å²) >= 11 is 1.41. The minimum Gasteiger partial charge on any atom is -0.358 e. The van der Waals surface area contributed by atoms with E-state index < -0.39 is 0 Å². The van der Waals surface area contributed by atoms with Crippen LogP contribution >= 0.6 is 11.3 Å². The third-order valence-electron chi connectivity index (χ3n) is 5.12. The second kappa shape index (κ2) is 7.34. The van der Waals surface area contributed by atoms with E-state index >= 15 is 0 Å². The van der Waals surface area contributed by atoms with E-state index in [1.54, 1.807) is 10.9 Å². The second-order valence-electron chi connectivity index (χ2n) is 6.96. The number of hydrogen-bond acceptors (Lipinski definition) is 7. The molecule has 2 N–H and O–H groups in total. The minimum atomic E-state index is -0.247. The van der Waals surface area contributed by atoms with Crippen LogP contribution in [-0.4, -0.2) is 29.5 Å². The molecule has 5 aromatic rings. The Labute approximate surface area is 175 Å². The number of hydrogen-bond donors (Lipinski definition) is 2. The highest BCUT2D eigenvalue weighted by Gasteiger charge is 2.22. The lowest BCUT2D eigenvalue weighted by Crippen LogP contribution is -2.28. The van der Waals surface area contributed by atoms with Crippen LogP contribution in [-0.2, 0) is 0 Å². The first-order valence-corrected chi connectivity index (χ1v) is 10.5. The summed E-state index contributed by atoms with van der Waals surface area (Å²) in [5.41, 5.74) is 3.78. The molecule has 0 aliphatic heterocycles. The molecule has 30 heavy (non-hydrogen) atoms. The standard InChI is InChI=1S/C21H19N7OS/c1-3-13(26-19-16-18(23-10-22-16)24-11-25-19)20-27-14-8-9-30-17(14)21(29)28(20)15-7-5-4-6-12(15)2/h4-11,13H,3H2,1-2H3,(H2,22,23,24,25,26). The lowest BCUT2D eigenvalue weighted by atomic mass is 10.1. The average Bonchev–Trinajstić information content (AvgIpc) is 3.42. The summed E-state index contributed by atoms with van der Waals surface area (Å²) in [4.78, 5) is 34.2. The summed E-state index contributed by atoms with van der Waals surface area (Å²) in [6, 6.07) is 9.49. The molecule has 9 heteroatoms. The van der Waals surface area contributed by atoms with Gasteiger partial charge >= 0.3 is 0 Å².